The molecule has 0 amide bonds. The van der Waals surface area contributed by atoms with Gasteiger partial charge in [0.25, 0.3) is 11.1 Å². The molecule has 8 rings (SSSR count). The van der Waals surface area contributed by atoms with E-state index in [1.807, 2.05) is 19.9 Å². The average molecular weight is 550 g/mol. The molecule has 1 aromatic heterocycles. The summed E-state index contributed by atoms with van der Waals surface area (Å²) in [6.45, 7) is 10.6. The van der Waals surface area contributed by atoms with Gasteiger partial charge in [0.2, 0.25) is 0 Å². The van der Waals surface area contributed by atoms with Gasteiger partial charge in [0.05, 0.1) is 16.5 Å². The van der Waals surface area contributed by atoms with Gasteiger partial charge in [-0.3, -0.25) is 9.59 Å². The molecule has 0 bridgehead atoms. The Balaban J connectivity index is 1.66. The molecule has 0 spiro atoms. The molecule has 0 saturated heterocycles. The van der Waals surface area contributed by atoms with Gasteiger partial charge in [-0.2, -0.15) is 0 Å². The van der Waals surface area contributed by atoms with Gasteiger partial charge in [0, 0.05) is 0 Å². The summed E-state index contributed by atoms with van der Waals surface area (Å²) in [6, 6.07) is 17.7. The molecule has 0 aliphatic carbocycles. The Labute approximate surface area is 244 Å². The first kappa shape index (κ1) is 25.5. The number of hydrogen-bond donors (Lipinski definition) is 0. The second-order valence-corrected chi connectivity index (χ2v) is 12.6. The standard InChI is InChI=1S/C39H35NO2/c1-6-8-10-24-18-28-34-32-26(24)14-12-23-13-15-27-25(11-9-7-2)19-29(35(34)33(27)31(23)32)37-36(28)38(41)40(39(37)42)30-17-21(4)20(3)16-22(30)5/h12-19H,6-11H2,1-5H3. The van der Waals surface area contributed by atoms with Crippen molar-refractivity contribution in [3.05, 3.63) is 97.1 Å². The van der Waals surface area contributed by atoms with E-state index in [0.29, 0.717) is 16.5 Å². The highest BCUT2D eigenvalue weighted by Gasteiger charge is 2.29. The third kappa shape index (κ3) is 3.12. The van der Waals surface area contributed by atoms with Crippen LogP contribution in [0.4, 0.5) is 0 Å². The van der Waals surface area contributed by atoms with Crippen molar-refractivity contribution in [3.8, 4) is 5.69 Å². The molecule has 7 aromatic carbocycles. The van der Waals surface area contributed by atoms with E-state index < -0.39 is 0 Å². The lowest BCUT2D eigenvalue weighted by Crippen LogP contribution is -2.24. The van der Waals surface area contributed by atoms with Crippen molar-refractivity contribution in [2.45, 2.75) is 73.1 Å². The van der Waals surface area contributed by atoms with E-state index in [1.54, 1.807) is 0 Å². The number of unbranched alkanes of at least 4 members (excludes halogenated alkanes) is 2. The van der Waals surface area contributed by atoms with E-state index in [9.17, 15) is 9.59 Å². The lowest BCUT2D eigenvalue weighted by atomic mass is 9.90. The zero-order valence-electron chi connectivity index (χ0n) is 25.1. The van der Waals surface area contributed by atoms with Gasteiger partial charge < -0.3 is 0 Å². The Hall–Kier alpha value is -4.24. The van der Waals surface area contributed by atoms with Gasteiger partial charge in [0.1, 0.15) is 0 Å². The zero-order chi connectivity index (χ0) is 29.0. The van der Waals surface area contributed by atoms with Crippen LogP contribution < -0.4 is 11.1 Å². The molecular weight excluding hydrogens is 514 g/mol. The van der Waals surface area contributed by atoms with Crippen molar-refractivity contribution in [2.75, 3.05) is 0 Å². The number of aryl methyl sites for hydroxylation is 5. The minimum atomic E-state index is -0.192. The highest BCUT2D eigenvalue weighted by atomic mass is 16.2. The second-order valence-electron chi connectivity index (χ2n) is 12.6. The first-order chi connectivity index (χ1) is 20.3. The third-order valence-electron chi connectivity index (χ3n) is 10.1. The predicted molar refractivity (Wildman–Crippen MR) is 180 cm³/mol. The highest BCUT2D eigenvalue weighted by Crippen LogP contribution is 2.51. The number of hydrogen-bond acceptors (Lipinski definition) is 2. The molecule has 0 saturated carbocycles. The maximum Gasteiger partial charge on any atom is 0.266 e. The monoisotopic (exact) mass is 549 g/mol. The van der Waals surface area contributed by atoms with Crippen LogP contribution in [0.1, 0.15) is 67.3 Å². The molecule has 3 heteroatoms. The summed E-state index contributed by atoms with van der Waals surface area (Å²) in [7, 11) is 0. The lowest BCUT2D eigenvalue weighted by Gasteiger charge is -2.12. The van der Waals surface area contributed by atoms with Crippen molar-refractivity contribution < 1.29 is 0 Å². The van der Waals surface area contributed by atoms with Crippen molar-refractivity contribution in [1.29, 1.82) is 0 Å². The minimum absolute atomic E-state index is 0.192. The second kappa shape index (κ2) is 8.88. The lowest BCUT2D eigenvalue weighted by molar-refractivity contribution is 0.799. The quantitative estimate of drug-likeness (QED) is 0.186. The third-order valence-corrected chi connectivity index (χ3v) is 10.1. The van der Waals surface area contributed by atoms with E-state index in [2.05, 4.69) is 63.2 Å². The SMILES string of the molecule is CCCCc1cc2c3c(=O)n(-c4cc(C)c(C)cc4C)c(=O)c3c3cc(CCCC)c4ccc5ccc1c1c5c4c3c21. The van der Waals surface area contributed by atoms with Gasteiger partial charge >= 0.3 is 0 Å². The topological polar surface area (TPSA) is 39.1 Å². The fourth-order valence-electron chi connectivity index (χ4n) is 7.89. The maximum atomic E-state index is 14.6. The van der Waals surface area contributed by atoms with Crippen LogP contribution in [0.25, 0.3) is 70.3 Å². The van der Waals surface area contributed by atoms with Crippen LogP contribution in [0.5, 0.6) is 0 Å². The summed E-state index contributed by atoms with van der Waals surface area (Å²) in [5.41, 5.74) is 6.05. The number of aromatic nitrogens is 1. The predicted octanol–water partition coefficient (Wildman–Crippen LogP) is 9.48. The molecule has 0 N–H and O–H groups in total. The molecule has 0 fully saturated rings. The molecule has 208 valence electrons. The van der Waals surface area contributed by atoms with E-state index >= 15 is 0 Å². The van der Waals surface area contributed by atoms with Gasteiger partial charge in [-0.1, -0.05) is 57.0 Å². The first-order valence-electron chi connectivity index (χ1n) is 15.6. The number of benzene rings is 6. The summed E-state index contributed by atoms with van der Waals surface area (Å²) < 4.78 is 1.46. The number of fused-ring (bicyclic) bond motifs is 3. The molecular formula is C39H35NO2. The molecule has 1 heterocycles. The van der Waals surface area contributed by atoms with Crippen LogP contribution >= 0.6 is 0 Å². The van der Waals surface area contributed by atoms with Crippen molar-refractivity contribution in [1.82, 2.24) is 4.57 Å². The van der Waals surface area contributed by atoms with E-state index in [1.165, 1.54) is 48.0 Å². The van der Waals surface area contributed by atoms with Crippen LogP contribution in [0.15, 0.2) is 58.1 Å². The number of rotatable bonds is 7. The Bertz CT molecular complexity index is 2310. The van der Waals surface area contributed by atoms with Crippen LogP contribution in [0, 0.1) is 20.8 Å². The highest BCUT2D eigenvalue weighted by molar-refractivity contribution is 6.48. The summed E-state index contributed by atoms with van der Waals surface area (Å²) in [6.07, 6.45) is 6.29. The van der Waals surface area contributed by atoms with Crippen molar-refractivity contribution in [2.24, 2.45) is 0 Å². The van der Waals surface area contributed by atoms with Crippen LogP contribution in [-0.2, 0) is 12.8 Å². The van der Waals surface area contributed by atoms with Gasteiger partial charge in [-0.05, 0) is 146 Å². The van der Waals surface area contributed by atoms with Crippen LogP contribution in [0.3, 0.4) is 0 Å². The Morgan fingerprint density at radius 1 is 0.524 bits per heavy atom. The fourth-order valence-corrected chi connectivity index (χ4v) is 7.89. The molecule has 0 aliphatic rings. The largest absolute Gasteiger partial charge is 0.268 e. The fraction of sp³-hybridized carbons (Fsp3) is 0.282. The van der Waals surface area contributed by atoms with E-state index in [4.69, 9.17) is 0 Å². The van der Waals surface area contributed by atoms with Crippen LogP contribution in [-0.4, -0.2) is 4.57 Å². The van der Waals surface area contributed by atoms with Crippen molar-refractivity contribution in [3.63, 3.8) is 0 Å². The normalized spacial score (nSPS) is 12.7. The molecule has 0 unspecified atom stereocenters. The van der Waals surface area contributed by atoms with Gasteiger partial charge in [-0.15, -0.1) is 0 Å². The van der Waals surface area contributed by atoms with Gasteiger partial charge in [-0.25, -0.2) is 4.57 Å². The Kier molecular flexibility index (Phi) is 5.38. The van der Waals surface area contributed by atoms with E-state index in [0.717, 1.165) is 76.8 Å². The molecule has 0 radical (unpaired) electrons. The number of nitrogens with zero attached hydrogens (tertiary/aromatic N) is 1. The average Bonchev–Trinajstić information content (AvgIpc) is 3.48. The van der Waals surface area contributed by atoms with Crippen LogP contribution in [0.2, 0.25) is 0 Å². The molecule has 0 atom stereocenters. The Morgan fingerprint density at radius 3 is 1.50 bits per heavy atom. The molecule has 0 aliphatic heterocycles. The molecule has 42 heavy (non-hydrogen) atoms. The smallest absolute Gasteiger partial charge is 0.266 e. The molecule has 3 nitrogen and oxygen atoms in total. The van der Waals surface area contributed by atoms with Gasteiger partial charge in [0.15, 0.2) is 0 Å². The summed E-state index contributed by atoms with van der Waals surface area (Å²) in [5.74, 6) is 0. The summed E-state index contributed by atoms with van der Waals surface area (Å²) in [4.78, 5) is 29.2. The van der Waals surface area contributed by atoms with E-state index in [-0.39, 0.29) is 11.1 Å². The summed E-state index contributed by atoms with van der Waals surface area (Å²) in [5, 5.41) is 13.1. The van der Waals surface area contributed by atoms with Crippen molar-refractivity contribution >= 4 is 64.6 Å². The summed E-state index contributed by atoms with van der Waals surface area (Å²) >= 11 is 0. The first-order valence-corrected chi connectivity index (χ1v) is 15.6. The minimum Gasteiger partial charge on any atom is -0.268 e. The maximum absolute atomic E-state index is 14.6. The molecule has 8 aromatic rings. The zero-order valence-corrected chi connectivity index (χ0v) is 25.1. The Morgan fingerprint density at radius 2 is 1.00 bits per heavy atom.